The fourth-order valence-electron chi connectivity index (χ4n) is 2.18. The van der Waals surface area contributed by atoms with Gasteiger partial charge in [0.2, 0.25) is 0 Å². The summed E-state index contributed by atoms with van der Waals surface area (Å²) in [7, 11) is -2.18. The van der Waals surface area contributed by atoms with Crippen molar-refractivity contribution in [2.75, 3.05) is 0 Å². The summed E-state index contributed by atoms with van der Waals surface area (Å²) in [4.78, 5) is 12.5. The van der Waals surface area contributed by atoms with Crippen LogP contribution in [0, 0.1) is 0 Å². The topological polar surface area (TPSA) is 81.1 Å². The van der Waals surface area contributed by atoms with Crippen molar-refractivity contribution >= 4 is 27.3 Å². The van der Waals surface area contributed by atoms with Crippen LogP contribution in [-0.4, -0.2) is 24.1 Å². The van der Waals surface area contributed by atoms with Crippen LogP contribution in [0.5, 0.6) is 0 Å². The number of nitrogens with zero attached hydrogens (tertiary/aromatic N) is 2. The molecule has 1 N–H and O–H groups in total. The van der Waals surface area contributed by atoms with Gasteiger partial charge in [0, 0.05) is 18.0 Å². The van der Waals surface area contributed by atoms with Crippen LogP contribution < -0.4 is 4.72 Å². The monoisotopic (exact) mass is 347 g/mol. The first-order valence-corrected chi connectivity index (χ1v) is 9.08. The van der Waals surface area contributed by atoms with Crippen LogP contribution >= 0.6 is 11.3 Å². The third-order valence-electron chi connectivity index (χ3n) is 3.26. The highest BCUT2D eigenvalue weighted by Crippen LogP contribution is 2.23. The van der Waals surface area contributed by atoms with Crippen LogP contribution in [0.15, 0.2) is 58.3 Å². The Morgan fingerprint density at radius 1 is 1.22 bits per heavy atom. The molecule has 8 heteroatoms. The molecule has 0 bridgehead atoms. The second-order valence-electron chi connectivity index (χ2n) is 4.79. The summed E-state index contributed by atoms with van der Waals surface area (Å²) in [6.45, 7) is 0. The first kappa shape index (κ1) is 15.4. The summed E-state index contributed by atoms with van der Waals surface area (Å²) >= 11 is 1.25. The van der Waals surface area contributed by atoms with E-state index in [1.165, 1.54) is 29.0 Å². The number of carbonyl (C=O) groups excluding carboxylic acids is 1. The van der Waals surface area contributed by atoms with Crippen molar-refractivity contribution in [1.29, 1.82) is 0 Å². The summed E-state index contributed by atoms with van der Waals surface area (Å²) in [5.74, 6) is -0.705. The van der Waals surface area contributed by atoms with Crippen LogP contribution in [0.4, 0.5) is 0 Å². The molecule has 3 aromatic rings. The van der Waals surface area contributed by atoms with E-state index in [4.69, 9.17) is 0 Å². The predicted octanol–water partition coefficient (Wildman–Crippen LogP) is 2.27. The smallest absolute Gasteiger partial charge is 0.268 e. The molecular weight excluding hydrogens is 334 g/mol. The van der Waals surface area contributed by atoms with Crippen LogP contribution in [0.2, 0.25) is 0 Å². The van der Waals surface area contributed by atoms with Crippen molar-refractivity contribution < 1.29 is 13.2 Å². The van der Waals surface area contributed by atoms with E-state index in [-0.39, 0.29) is 10.5 Å². The van der Waals surface area contributed by atoms with Gasteiger partial charge >= 0.3 is 0 Å². The summed E-state index contributed by atoms with van der Waals surface area (Å²) in [6.07, 6.45) is 1.36. The van der Waals surface area contributed by atoms with Gasteiger partial charge in [-0.25, -0.2) is 13.1 Å². The van der Waals surface area contributed by atoms with Crippen LogP contribution in [0.1, 0.15) is 10.4 Å². The maximum Gasteiger partial charge on any atom is 0.268 e. The predicted molar refractivity (Wildman–Crippen MR) is 87.6 cm³/mol. The van der Waals surface area contributed by atoms with E-state index >= 15 is 0 Å². The number of rotatable bonds is 4. The van der Waals surface area contributed by atoms with Crippen molar-refractivity contribution in [2.24, 2.45) is 7.05 Å². The lowest BCUT2D eigenvalue weighted by molar-refractivity contribution is 0.0982. The number of sulfonamides is 1. The highest BCUT2D eigenvalue weighted by Gasteiger charge is 2.23. The molecule has 0 fully saturated rings. The minimum absolute atomic E-state index is 0.0704. The molecule has 118 valence electrons. The number of benzene rings is 1. The van der Waals surface area contributed by atoms with E-state index in [1.807, 2.05) is 30.3 Å². The zero-order chi connectivity index (χ0) is 16.4. The van der Waals surface area contributed by atoms with E-state index in [0.29, 0.717) is 5.69 Å². The number of nitrogens with one attached hydrogen (secondary N) is 1. The molecule has 0 saturated heterocycles. The van der Waals surface area contributed by atoms with Gasteiger partial charge in [0.05, 0.1) is 22.3 Å². The molecule has 0 unspecified atom stereocenters. The SMILES string of the molecule is Cn1ncc(C(=O)NS(=O)(=O)c2ccsc2)c1-c1ccccc1. The molecule has 2 heterocycles. The number of carbonyl (C=O) groups is 1. The lowest BCUT2D eigenvalue weighted by atomic mass is 10.1. The largest absolute Gasteiger partial charge is 0.268 e. The molecule has 1 amide bonds. The van der Waals surface area contributed by atoms with Gasteiger partial charge in [-0.1, -0.05) is 30.3 Å². The molecule has 0 saturated carbocycles. The molecule has 2 aromatic heterocycles. The minimum Gasteiger partial charge on any atom is -0.268 e. The zero-order valence-corrected chi connectivity index (χ0v) is 13.8. The van der Waals surface area contributed by atoms with E-state index < -0.39 is 15.9 Å². The summed E-state index contributed by atoms with van der Waals surface area (Å²) in [5, 5.41) is 7.18. The molecule has 0 aliphatic heterocycles. The normalized spacial score (nSPS) is 11.3. The average Bonchev–Trinajstić information content (AvgIpc) is 3.17. The second-order valence-corrected chi connectivity index (χ2v) is 7.25. The zero-order valence-electron chi connectivity index (χ0n) is 12.1. The molecular formula is C15H13N3O3S2. The number of hydrogen-bond acceptors (Lipinski definition) is 5. The van der Waals surface area contributed by atoms with Gasteiger partial charge in [0.15, 0.2) is 0 Å². The number of aromatic nitrogens is 2. The van der Waals surface area contributed by atoms with Gasteiger partial charge in [0.25, 0.3) is 15.9 Å². The van der Waals surface area contributed by atoms with E-state index in [9.17, 15) is 13.2 Å². The molecule has 6 nitrogen and oxygen atoms in total. The van der Waals surface area contributed by atoms with E-state index in [1.54, 1.807) is 17.1 Å². The number of thiophene rings is 1. The number of amides is 1. The Hall–Kier alpha value is -2.45. The quantitative estimate of drug-likeness (QED) is 0.785. The average molecular weight is 347 g/mol. The maximum atomic E-state index is 12.4. The van der Waals surface area contributed by atoms with Gasteiger partial charge in [-0.15, -0.1) is 0 Å². The third-order valence-corrected chi connectivity index (χ3v) is 5.42. The van der Waals surface area contributed by atoms with Crippen LogP contribution in [0.25, 0.3) is 11.3 Å². The molecule has 23 heavy (non-hydrogen) atoms. The fourth-order valence-corrected chi connectivity index (χ4v) is 4.18. The molecule has 0 aliphatic rings. The highest BCUT2D eigenvalue weighted by molar-refractivity contribution is 7.90. The van der Waals surface area contributed by atoms with Gasteiger partial charge < -0.3 is 0 Å². The molecule has 3 rings (SSSR count). The minimum atomic E-state index is -3.88. The molecule has 0 aliphatic carbocycles. The standard InChI is InChI=1S/C15H13N3O3S2/c1-18-14(11-5-3-2-4-6-11)13(9-16-18)15(19)17-23(20,21)12-7-8-22-10-12/h2-10H,1H3,(H,17,19). The Morgan fingerprint density at radius 3 is 2.61 bits per heavy atom. The second kappa shape index (κ2) is 5.98. The summed E-state index contributed by atoms with van der Waals surface area (Å²) in [6, 6.07) is 10.7. The van der Waals surface area contributed by atoms with Gasteiger partial charge in [-0.2, -0.15) is 16.4 Å². The Labute approximate surface area is 137 Å². The van der Waals surface area contributed by atoms with E-state index in [0.717, 1.165) is 5.56 Å². The summed E-state index contributed by atoms with van der Waals surface area (Å²) < 4.78 is 28.0. The first-order valence-electron chi connectivity index (χ1n) is 6.66. The van der Waals surface area contributed by atoms with Crippen LogP contribution in [0.3, 0.4) is 0 Å². The number of hydrogen-bond donors (Lipinski definition) is 1. The fraction of sp³-hybridized carbons (Fsp3) is 0.0667. The Kier molecular flexibility index (Phi) is 4.01. The van der Waals surface area contributed by atoms with Crippen molar-refractivity contribution in [2.45, 2.75) is 4.90 Å². The Balaban J connectivity index is 1.96. The van der Waals surface area contributed by atoms with Gasteiger partial charge in [-0.05, 0) is 11.4 Å². The summed E-state index contributed by atoms with van der Waals surface area (Å²) in [5.41, 5.74) is 1.55. The van der Waals surface area contributed by atoms with Crippen molar-refractivity contribution in [3.05, 3.63) is 58.9 Å². The molecule has 0 atom stereocenters. The molecule has 0 spiro atoms. The Bertz CT molecular complexity index is 930. The van der Waals surface area contributed by atoms with Crippen molar-refractivity contribution in [1.82, 2.24) is 14.5 Å². The number of aryl methyl sites for hydroxylation is 1. The highest BCUT2D eigenvalue weighted by atomic mass is 32.2. The first-order chi connectivity index (χ1) is 11.0. The van der Waals surface area contributed by atoms with Crippen molar-refractivity contribution in [3.63, 3.8) is 0 Å². The lowest BCUT2D eigenvalue weighted by Gasteiger charge is -2.07. The maximum absolute atomic E-state index is 12.4. The third kappa shape index (κ3) is 3.03. The van der Waals surface area contributed by atoms with Crippen molar-refractivity contribution in [3.8, 4) is 11.3 Å². The van der Waals surface area contributed by atoms with E-state index in [2.05, 4.69) is 9.82 Å². The Morgan fingerprint density at radius 2 is 1.96 bits per heavy atom. The molecule has 0 radical (unpaired) electrons. The van der Waals surface area contributed by atoms with Gasteiger partial charge in [0.1, 0.15) is 0 Å². The lowest BCUT2D eigenvalue weighted by Crippen LogP contribution is -2.30. The molecule has 1 aromatic carbocycles. The van der Waals surface area contributed by atoms with Crippen LogP contribution in [-0.2, 0) is 17.1 Å². The van der Waals surface area contributed by atoms with Gasteiger partial charge in [-0.3, -0.25) is 9.48 Å².